The van der Waals surface area contributed by atoms with Gasteiger partial charge in [0.25, 0.3) is 0 Å². The lowest BCUT2D eigenvalue weighted by Gasteiger charge is -2.27. The Balaban J connectivity index is 6.38. The first-order chi connectivity index (χ1) is 58.0. The molecular formula is C70H120N26O27S. The van der Waals surface area contributed by atoms with Crippen molar-refractivity contribution < 1.29 is 130 Å². The second-order valence-electron chi connectivity index (χ2n) is 28.4. The second-order valence-corrected chi connectivity index (χ2v) is 29.4. The van der Waals surface area contributed by atoms with Crippen molar-refractivity contribution >= 4 is 154 Å². The standard InChI is InChI=1S/C70H120N26O27S/c1-31(57(110)83-33(3)60(113)94-44(25-54(107)108)68(121)96-55(35(5)98)70(123)81-27-52(105)87-43(24-50(77)103)67(120)95-42(23-49(76)102)61(114)80-26-53(106)88-46(56(79)109)29-124-30-51(78)104)82-58(111)32(2)84-63(116)40(16-18-47(74)100)93-66(119)41(17-19-48(75)101)89-59(112)34(4)85-62(115)37(13-7-10-20-71)90-64(117)38(14-8-11-21-72)91-65(118)39(15-9-12-22-73)92-69(122)45(28-97)86-36(6)99/h31-35,37-46,55,97-98H,7-30,71-73H2,1-6H3,(H2,74,100)(H2,75,101)(H2,76,102)(H2,77,103)(H2,78,104)(H2,79,109)(H,80,114)(H,81,123)(H,82,111)(H,83,110)(H,84,116)(H,85,115)(H,86,99)(H,87,105)(H,88,106)(H,89,112)(H,90,117)(H,91,118)(H,92,122)(H,93,119)(H,94,113)(H,95,120)(H,96,121)(H,107,108)/t31-,32-,33-,34-,35+,37-,38-,39-,40-,41-,42-,43-,44-,45-,46-,55-/m0/s1. The molecule has 0 aromatic rings. The maximum absolute atomic E-state index is 14.1. The van der Waals surface area contributed by atoms with E-state index < -0.39 is 303 Å². The summed E-state index contributed by atoms with van der Waals surface area (Å²) in [5, 5.41) is 68.2. The quantitative estimate of drug-likeness (QED) is 0.0251. The fraction of sp³-hybridized carbons (Fsp3) is 0.657. The number of hydrogen-bond acceptors (Lipinski definition) is 30. The molecule has 0 aromatic heterocycles. The van der Waals surface area contributed by atoms with Gasteiger partial charge in [0.15, 0.2) is 0 Å². The zero-order valence-electron chi connectivity index (χ0n) is 69.5. The lowest BCUT2D eigenvalue weighted by molar-refractivity contribution is -0.142. The smallest absolute Gasteiger partial charge is 0.305 e. The number of nitrogens with one attached hydrogen (secondary N) is 17. The monoisotopic (exact) mass is 1790 g/mol. The molecule has 0 saturated heterocycles. The number of primary amides is 6. The SMILES string of the molecule is CC(=O)N[C@@H](CO)C(=O)N[C@@H](CCCCN)C(=O)N[C@@H](CCCCN)C(=O)N[C@@H](CCCCN)C(=O)N[C@@H](C)C(=O)N[C@@H](CCC(N)=O)C(=O)N[C@@H](CCC(N)=O)C(=O)N[C@@H](C)C(=O)N[C@@H](C)C(=O)N[C@@H](C)C(=O)N[C@@H](CC(=O)O)C(=O)N[C@H](C(=O)NCC(=O)N[C@@H](CC(N)=O)C(=O)N[C@@H](CC(N)=O)C(=O)NCC(=O)N[C@@H](CSCC(N)=O)C(N)=O)[C@@H](C)O. The average Bonchev–Trinajstić information content (AvgIpc) is 0.868. The van der Waals surface area contributed by atoms with Crippen molar-refractivity contribution in [1.29, 1.82) is 0 Å². The van der Waals surface area contributed by atoms with Gasteiger partial charge in [0.1, 0.15) is 90.6 Å². The van der Waals surface area contributed by atoms with E-state index in [1.165, 1.54) is 6.92 Å². The predicted octanol–water partition coefficient (Wildman–Crippen LogP) is -16.2. The Labute approximate surface area is 715 Å². The van der Waals surface area contributed by atoms with Gasteiger partial charge in [-0.25, -0.2) is 0 Å². The Morgan fingerprint density at radius 1 is 0.315 bits per heavy atom. The summed E-state index contributed by atoms with van der Waals surface area (Å²) in [4.78, 5) is 311. The number of carbonyl (C=O) groups excluding carboxylic acids is 23. The van der Waals surface area contributed by atoms with Crippen LogP contribution in [0.4, 0.5) is 0 Å². The molecule has 38 N–H and O–H groups in total. The third kappa shape index (κ3) is 46.4. The number of rotatable bonds is 64. The Bertz CT molecular complexity index is 3770. The summed E-state index contributed by atoms with van der Waals surface area (Å²) >= 11 is 0.846. The van der Waals surface area contributed by atoms with Crippen LogP contribution in [-0.2, 0) is 115 Å². The van der Waals surface area contributed by atoms with Crippen LogP contribution in [0.3, 0.4) is 0 Å². The third-order valence-corrected chi connectivity index (χ3v) is 18.5. The number of unbranched alkanes of at least 4 members (excludes halogenated alkanes) is 3. The Morgan fingerprint density at radius 2 is 0.613 bits per heavy atom. The summed E-state index contributed by atoms with van der Waals surface area (Å²) in [5.74, 6) is -27.3. The van der Waals surface area contributed by atoms with Crippen molar-refractivity contribution in [3.63, 3.8) is 0 Å². The Morgan fingerprint density at radius 3 is 0.952 bits per heavy atom. The number of hydrogen-bond donors (Lipinski definition) is 29. The number of aliphatic hydroxyl groups is 2. The largest absolute Gasteiger partial charge is 0.481 e. The van der Waals surface area contributed by atoms with Gasteiger partial charge in [0.2, 0.25) is 136 Å². The minimum Gasteiger partial charge on any atom is -0.481 e. The van der Waals surface area contributed by atoms with E-state index in [-0.39, 0.29) is 63.2 Å². The molecule has 698 valence electrons. The molecule has 0 aromatic carbocycles. The Kier molecular flexibility index (Phi) is 53.2. The van der Waals surface area contributed by atoms with Crippen LogP contribution in [0.15, 0.2) is 0 Å². The van der Waals surface area contributed by atoms with Crippen molar-refractivity contribution in [2.24, 2.45) is 51.6 Å². The molecule has 23 amide bonds. The van der Waals surface area contributed by atoms with Crippen molar-refractivity contribution in [2.75, 3.05) is 50.8 Å². The normalized spacial score (nSPS) is 14.7. The van der Waals surface area contributed by atoms with E-state index in [1.807, 2.05) is 26.6 Å². The van der Waals surface area contributed by atoms with Gasteiger partial charge in [-0.3, -0.25) is 115 Å². The predicted molar refractivity (Wildman–Crippen MR) is 433 cm³/mol. The number of nitrogens with two attached hydrogens (primary N) is 9. The molecule has 0 aliphatic rings. The molecule has 0 aliphatic carbocycles. The highest BCUT2D eigenvalue weighted by atomic mass is 32.2. The van der Waals surface area contributed by atoms with E-state index in [0.29, 0.717) is 25.7 Å². The number of carbonyl (C=O) groups is 24. The molecule has 0 radical (unpaired) electrons. The molecule has 0 fully saturated rings. The lowest BCUT2D eigenvalue weighted by Crippen LogP contribution is -2.60. The van der Waals surface area contributed by atoms with Crippen molar-refractivity contribution in [3.8, 4) is 0 Å². The zero-order chi connectivity index (χ0) is 94.8. The average molecular weight is 1790 g/mol. The highest BCUT2D eigenvalue weighted by molar-refractivity contribution is 8.00. The van der Waals surface area contributed by atoms with Crippen LogP contribution >= 0.6 is 11.8 Å². The van der Waals surface area contributed by atoms with Gasteiger partial charge in [-0.05, 0) is 125 Å². The molecule has 0 spiro atoms. The van der Waals surface area contributed by atoms with Crippen molar-refractivity contribution in [1.82, 2.24) is 90.4 Å². The van der Waals surface area contributed by atoms with Crippen molar-refractivity contribution in [2.45, 2.75) is 241 Å². The summed E-state index contributed by atoms with van der Waals surface area (Å²) in [7, 11) is 0. The maximum atomic E-state index is 14.1. The Hall–Kier alpha value is -12.6. The van der Waals surface area contributed by atoms with E-state index in [9.17, 15) is 130 Å². The summed E-state index contributed by atoms with van der Waals surface area (Å²) in [6.45, 7) is 4.20. The molecule has 0 rings (SSSR count). The van der Waals surface area contributed by atoms with E-state index in [4.69, 9.17) is 51.6 Å². The van der Waals surface area contributed by atoms with Crippen LogP contribution in [0.5, 0.6) is 0 Å². The van der Waals surface area contributed by atoms with E-state index >= 15 is 0 Å². The van der Waals surface area contributed by atoms with Crippen LogP contribution in [0.25, 0.3) is 0 Å². The van der Waals surface area contributed by atoms with Crippen LogP contribution < -0.4 is 142 Å². The van der Waals surface area contributed by atoms with Gasteiger partial charge in [0, 0.05) is 25.5 Å². The number of carboxylic acid groups (broad SMARTS) is 1. The summed E-state index contributed by atoms with van der Waals surface area (Å²) in [5.41, 5.74) is 48.7. The van der Waals surface area contributed by atoms with Crippen LogP contribution in [0, 0.1) is 0 Å². The molecular weight excluding hydrogens is 1670 g/mol. The molecule has 53 nitrogen and oxygen atoms in total. The number of carboxylic acids is 1. The van der Waals surface area contributed by atoms with Gasteiger partial charge >= 0.3 is 5.97 Å². The van der Waals surface area contributed by atoms with E-state index in [2.05, 4.69) is 63.8 Å². The summed E-state index contributed by atoms with van der Waals surface area (Å²) in [6.07, 6.45) is -5.41. The summed E-state index contributed by atoms with van der Waals surface area (Å²) < 4.78 is 0. The first-order valence-corrected chi connectivity index (χ1v) is 40.1. The number of aliphatic hydroxyl groups excluding tert-OH is 2. The molecule has 124 heavy (non-hydrogen) atoms. The third-order valence-electron chi connectivity index (χ3n) is 17.5. The second kappa shape index (κ2) is 59.2. The van der Waals surface area contributed by atoms with Gasteiger partial charge in [-0.2, -0.15) is 0 Å². The van der Waals surface area contributed by atoms with Crippen LogP contribution in [0.1, 0.15) is 144 Å². The highest BCUT2D eigenvalue weighted by Crippen LogP contribution is 2.12. The van der Waals surface area contributed by atoms with Crippen LogP contribution in [0.2, 0.25) is 0 Å². The van der Waals surface area contributed by atoms with Crippen LogP contribution in [-0.4, -0.2) is 305 Å². The first-order valence-electron chi connectivity index (χ1n) is 39.0. The minimum atomic E-state index is -2.10. The van der Waals surface area contributed by atoms with Crippen molar-refractivity contribution in [3.05, 3.63) is 0 Å². The fourth-order valence-corrected chi connectivity index (χ4v) is 11.6. The highest BCUT2D eigenvalue weighted by Gasteiger charge is 2.38. The minimum absolute atomic E-state index is 0.00927. The summed E-state index contributed by atoms with van der Waals surface area (Å²) in [6, 6.07) is -24.9. The number of aliphatic carboxylic acids is 1. The molecule has 0 heterocycles. The fourth-order valence-electron chi connectivity index (χ4n) is 10.8. The molecule has 0 unspecified atom stereocenters. The number of thioether (sulfide) groups is 1. The first kappa shape index (κ1) is 111. The van der Waals surface area contributed by atoms with Gasteiger partial charge in [-0.1, -0.05) is 0 Å². The molecule has 0 bridgehead atoms. The van der Waals surface area contributed by atoms with E-state index in [0.717, 1.165) is 46.4 Å². The zero-order valence-corrected chi connectivity index (χ0v) is 70.3. The van der Waals surface area contributed by atoms with Gasteiger partial charge < -0.3 is 157 Å². The van der Waals surface area contributed by atoms with Gasteiger partial charge in [0.05, 0.1) is 50.8 Å². The molecule has 0 saturated carbocycles. The topological polar surface area (TPSA) is 909 Å². The number of amides is 23. The van der Waals surface area contributed by atoms with E-state index in [1.54, 1.807) is 0 Å². The molecule has 54 heteroatoms. The lowest BCUT2D eigenvalue weighted by atomic mass is 10.0. The van der Waals surface area contributed by atoms with Gasteiger partial charge in [-0.15, -0.1) is 11.8 Å². The molecule has 16 atom stereocenters. The molecule has 0 aliphatic heterocycles. The maximum Gasteiger partial charge on any atom is 0.305 e.